The summed E-state index contributed by atoms with van der Waals surface area (Å²) in [5, 5.41) is 17.5. The lowest BCUT2D eigenvalue weighted by Crippen LogP contribution is -2.56. The number of hydrogen-bond acceptors (Lipinski definition) is 8. The van der Waals surface area contributed by atoms with E-state index in [1.807, 2.05) is 53.1 Å². The third-order valence-electron chi connectivity index (χ3n) is 9.28. The number of aliphatic hydroxyl groups is 1. The lowest BCUT2D eigenvalue weighted by molar-refractivity contribution is -0.205. The molecule has 44 heavy (non-hydrogen) atoms. The predicted molar refractivity (Wildman–Crippen MR) is 159 cm³/mol. The molecule has 0 aliphatic carbocycles. The highest BCUT2D eigenvalue weighted by Gasteiger charge is 2.66. The van der Waals surface area contributed by atoms with Crippen molar-refractivity contribution in [3.8, 4) is 0 Å². The molecule has 2 amide bonds. The largest absolute Gasteiger partial charge is 0.463 e. The lowest BCUT2D eigenvalue weighted by atomic mass is 9.88. The Morgan fingerprint density at radius 3 is 2.25 bits per heavy atom. The predicted octanol–water partition coefficient (Wildman–Crippen LogP) is 4.17. The molecule has 2 bridgehead atoms. The fraction of sp³-hybridized carbons (Fsp3) is 0.273. The number of hydrogen-bond donors (Lipinski definition) is 2. The molecule has 3 aliphatic heterocycles. The van der Waals surface area contributed by atoms with Crippen molar-refractivity contribution in [3.05, 3.63) is 72.3 Å². The molecule has 2 N–H and O–H groups in total. The number of fused-ring (bicyclic) bond motifs is 13. The third kappa shape index (κ3) is 3.17. The molecule has 0 radical (unpaired) electrons. The highest BCUT2D eigenvalue weighted by Crippen LogP contribution is 2.57. The van der Waals surface area contributed by atoms with E-state index >= 15 is 0 Å². The molecule has 5 heterocycles. The molecule has 2 aromatic heterocycles. The molecule has 11 heteroatoms. The molecule has 5 aromatic rings. The van der Waals surface area contributed by atoms with E-state index in [0.29, 0.717) is 51.1 Å². The molecule has 0 spiro atoms. The summed E-state index contributed by atoms with van der Waals surface area (Å²) >= 11 is 0. The summed E-state index contributed by atoms with van der Waals surface area (Å²) in [6, 6.07) is 14.9. The number of amides is 2. The van der Waals surface area contributed by atoms with Crippen LogP contribution in [0.1, 0.15) is 53.1 Å². The number of benzene rings is 3. The van der Waals surface area contributed by atoms with Gasteiger partial charge >= 0.3 is 11.9 Å². The smallest absolute Gasteiger partial charge is 0.343 e. The average molecular weight is 594 g/mol. The van der Waals surface area contributed by atoms with Crippen LogP contribution in [0.2, 0.25) is 0 Å². The Hall–Kier alpha value is -5.00. The number of esters is 2. The molecule has 1 saturated heterocycles. The molecule has 0 saturated carbocycles. The second-order valence-corrected chi connectivity index (χ2v) is 11.6. The molecule has 1 fully saturated rings. The summed E-state index contributed by atoms with van der Waals surface area (Å²) in [6.07, 6.45) is 1.01. The topological polar surface area (TPSA) is 138 Å². The van der Waals surface area contributed by atoms with E-state index in [1.165, 1.54) is 0 Å². The molecule has 3 aromatic carbocycles. The lowest BCUT2D eigenvalue weighted by Gasteiger charge is -2.37. The summed E-state index contributed by atoms with van der Waals surface area (Å²) < 4.78 is 21.1. The number of rotatable bonds is 7. The average Bonchev–Trinajstić information content (AvgIpc) is 3.69. The van der Waals surface area contributed by atoms with Gasteiger partial charge in [-0.05, 0) is 31.9 Å². The third-order valence-corrected chi connectivity index (χ3v) is 9.28. The van der Waals surface area contributed by atoms with E-state index in [1.54, 1.807) is 11.5 Å². The number of para-hydroxylation sites is 2. The number of ether oxygens (including phenoxy) is 3. The molecule has 8 rings (SSSR count). The van der Waals surface area contributed by atoms with Gasteiger partial charge in [-0.15, -0.1) is 0 Å². The van der Waals surface area contributed by atoms with Crippen molar-refractivity contribution in [2.24, 2.45) is 0 Å². The number of unbranched alkanes of at least 4 members (excludes halogenated alkanes) is 1. The van der Waals surface area contributed by atoms with Gasteiger partial charge in [0.15, 0.2) is 5.72 Å². The first-order valence-corrected chi connectivity index (χ1v) is 14.5. The van der Waals surface area contributed by atoms with E-state index in [9.17, 15) is 24.3 Å². The summed E-state index contributed by atoms with van der Waals surface area (Å²) in [7, 11) is 0. The van der Waals surface area contributed by atoms with Gasteiger partial charge in [0.1, 0.15) is 6.23 Å². The second kappa shape index (κ2) is 9.01. The molecule has 1 unspecified atom stereocenters. The first-order chi connectivity index (χ1) is 21.2. The minimum atomic E-state index is -2.13. The molecule has 3 aliphatic rings. The summed E-state index contributed by atoms with van der Waals surface area (Å²) in [5.74, 6) is -2.34. The zero-order valence-corrected chi connectivity index (χ0v) is 23.7. The number of nitrogens with one attached hydrogen (secondary N) is 1. The van der Waals surface area contributed by atoms with Gasteiger partial charge in [-0.25, -0.2) is 9.59 Å². The Balaban J connectivity index is 1.35. The number of nitrogens with zero attached hydrogens (tertiary/aromatic N) is 2. The first kappa shape index (κ1) is 26.6. The number of aromatic nitrogens is 2. The van der Waals surface area contributed by atoms with Gasteiger partial charge in [-0.3, -0.25) is 14.9 Å². The van der Waals surface area contributed by atoms with E-state index in [0.717, 1.165) is 17.0 Å². The van der Waals surface area contributed by atoms with Crippen molar-refractivity contribution in [2.75, 3.05) is 13.2 Å². The van der Waals surface area contributed by atoms with Gasteiger partial charge in [0.25, 0.3) is 11.8 Å². The van der Waals surface area contributed by atoms with Gasteiger partial charge in [-0.2, -0.15) is 0 Å². The van der Waals surface area contributed by atoms with Crippen molar-refractivity contribution in [3.63, 3.8) is 0 Å². The molecule has 11 nitrogen and oxygen atoms in total. The van der Waals surface area contributed by atoms with Crippen LogP contribution in [-0.2, 0) is 29.5 Å². The monoisotopic (exact) mass is 593 g/mol. The Morgan fingerprint density at radius 1 is 0.977 bits per heavy atom. The molecule has 222 valence electrons. The van der Waals surface area contributed by atoms with Crippen LogP contribution in [0.15, 0.2) is 61.2 Å². The van der Waals surface area contributed by atoms with Crippen LogP contribution in [0.5, 0.6) is 0 Å². The van der Waals surface area contributed by atoms with E-state index < -0.39 is 41.3 Å². The van der Waals surface area contributed by atoms with Crippen LogP contribution in [0.25, 0.3) is 43.6 Å². The van der Waals surface area contributed by atoms with Crippen molar-refractivity contribution in [1.82, 2.24) is 14.5 Å². The highest BCUT2D eigenvalue weighted by molar-refractivity contribution is 6.39. The molecule has 3 atom stereocenters. The van der Waals surface area contributed by atoms with Crippen molar-refractivity contribution < 1.29 is 38.5 Å². The summed E-state index contributed by atoms with van der Waals surface area (Å²) in [6.45, 7) is 5.17. The minimum absolute atomic E-state index is 0.00155. The van der Waals surface area contributed by atoms with E-state index in [2.05, 4.69) is 11.9 Å². The van der Waals surface area contributed by atoms with Crippen LogP contribution in [-0.4, -0.2) is 56.8 Å². The first-order valence-electron chi connectivity index (χ1n) is 14.5. The van der Waals surface area contributed by atoms with Gasteiger partial charge in [0, 0.05) is 34.0 Å². The van der Waals surface area contributed by atoms with E-state index in [-0.39, 0.29) is 25.2 Å². The minimum Gasteiger partial charge on any atom is -0.463 e. The fourth-order valence-electron chi connectivity index (χ4n) is 7.36. The maximum atomic E-state index is 13.8. The van der Waals surface area contributed by atoms with Gasteiger partial charge in [0.05, 0.1) is 46.4 Å². The quantitative estimate of drug-likeness (QED) is 0.124. The zero-order chi connectivity index (χ0) is 30.5. The fourth-order valence-corrected chi connectivity index (χ4v) is 7.36. The maximum Gasteiger partial charge on any atom is 0.343 e. The standard InChI is InChI=1S/C33H27N3O8/c1-3-22(37)42-14-8-9-15-43-31(40)33(41)16-21-35-19-12-6-4-10-17(19)23-25-26(30(39)34-29(25)38)24-18-11-5-7-13-20(18)36(28(24)27(23)35)32(33,2)44-21/h3-7,10-13,21,41H,1,8-9,14-16H2,2H3,(H,34,38,39)/t21?,32-,33-/m0/s1. The molecular weight excluding hydrogens is 566 g/mol. The summed E-state index contributed by atoms with van der Waals surface area (Å²) in [5.41, 5.74) is -0.570. The van der Waals surface area contributed by atoms with Crippen LogP contribution < -0.4 is 5.32 Å². The van der Waals surface area contributed by atoms with Gasteiger partial charge in [0.2, 0.25) is 5.60 Å². The number of carbonyl (C=O) groups excluding carboxylic acids is 4. The van der Waals surface area contributed by atoms with Crippen LogP contribution in [0.4, 0.5) is 0 Å². The maximum absolute atomic E-state index is 13.8. The Morgan fingerprint density at radius 2 is 1.57 bits per heavy atom. The van der Waals surface area contributed by atoms with E-state index in [4.69, 9.17) is 14.2 Å². The van der Waals surface area contributed by atoms with Gasteiger partial charge < -0.3 is 28.5 Å². The Bertz CT molecular complexity index is 2160. The highest BCUT2D eigenvalue weighted by atomic mass is 16.6. The Labute approximate surface area is 249 Å². The van der Waals surface area contributed by atoms with Crippen molar-refractivity contribution >= 4 is 67.4 Å². The van der Waals surface area contributed by atoms with Crippen molar-refractivity contribution in [1.29, 1.82) is 0 Å². The number of imide groups is 1. The zero-order valence-electron chi connectivity index (χ0n) is 23.7. The second-order valence-electron chi connectivity index (χ2n) is 11.6. The molecular formula is C33H27N3O8. The van der Waals surface area contributed by atoms with Crippen molar-refractivity contribution in [2.45, 2.75) is 43.7 Å². The van der Waals surface area contributed by atoms with Crippen LogP contribution >= 0.6 is 0 Å². The summed E-state index contributed by atoms with van der Waals surface area (Å²) in [4.78, 5) is 51.9. The van der Waals surface area contributed by atoms with Gasteiger partial charge in [-0.1, -0.05) is 43.0 Å². The van der Waals surface area contributed by atoms with Crippen LogP contribution in [0, 0.1) is 0 Å². The Kier molecular flexibility index (Phi) is 5.45. The SMILES string of the molecule is C=CC(=O)OCCCCOC(=O)[C@@]1(O)CC2O[C@]1(C)n1c3ccccc3c3c4c(c5c6ccccc6n2c5c31)C(=O)NC4=O. The normalized spacial score (nSPS) is 23.5. The van der Waals surface area contributed by atoms with Crippen LogP contribution in [0.3, 0.4) is 0 Å². The number of carbonyl (C=O) groups is 4.